The molecule has 0 spiro atoms. The Bertz CT molecular complexity index is 756. The number of anilines is 2. The third kappa shape index (κ3) is 3.38. The standard InChI is InChI=1S/C13H17BrN4O2S/c1-3-7-18-8-12(13(15)16-18)21(19,20)17-11-6-4-5-10(14)9(11)2/h4-6,8,17H,3,7H2,1-2H3,(H2,15,16). The van der Waals surface area contributed by atoms with E-state index in [9.17, 15) is 8.42 Å². The number of aromatic nitrogens is 2. The Morgan fingerprint density at radius 2 is 2.14 bits per heavy atom. The second kappa shape index (κ2) is 6.07. The zero-order chi connectivity index (χ0) is 15.6. The fraction of sp³-hybridized carbons (Fsp3) is 0.308. The molecule has 1 heterocycles. The van der Waals surface area contributed by atoms with Gasteiger partial charge in [0.05, 0.1) is 5.69 Å². The van der Waals surface area contributed by atoms with E-state index in [1.54, 1.807) is 12.1 Å². The highest BCUT2D eigenvalue weighted by Gasteiger charge is 2.22. The molecule has 0 radical (unpaired) electrons. The van der Waals surface area contributed by atoms with Crippen LogP contribution in [0, 0.1) is 6.92 Å². The first-order valence-electron chi connectivity index (χ1n) is 6.46. The van der Waals surface area contributed by atoms with Gasteiger partial charge in [0.15, 0.2) is 5.82 Å². The number of nitrogens with two attached hydrogens (primary N) is 1. The Hall–Kier alpha value is -1.54. The fourth-order valence-electron chi connectivity index (χ4n) is 1.89. The average molecular weight is 373 g/mol. The molecule has 0 saturated heterocycles. The molecule has 2 aromatic rings. The number of sulfonamides is 1. The molecule has 8 heteroatoms. The van der Waals surface area contributed by atoms with Crippen molar-refractivity contribution in [2.24, 2.45) is 0 Å². The zero-order valence-electron chi connectivity index (χ0n) is 11.8. The van der Waals surface area contributed by atoms with Gasteiger partial charge in [0.2, 0.25) is 0 Å². The lowest BCUT2D eigenvalue weighted by Gasteiger charge is -2.10. The third-order valence-electron chi connectivity index (χ3n) is 3.01. The number of hydrogen-bond donors (Lipinski definition) is 2. The van der Waals surface area contributed by atoms with Gasteiger partial charge in [-0.05, 0) is 31.0 Å². The molecular formula is C13H17BrN4O2S. The smallest absolute Gasteiger partial charge is 0.267 e. The van der Waals surface area contributed by atoms with Gasteiger partial charge in [-0.2, -0.15) is 5.10 Å². The van der Waals surface area contributed by atoms with Crippen molar-refractivity contribution in [1.29, 1.82) is 0 Å². The molecule has 0 unspecified atom stereocenters. The molecule has 0 aliphatic heterocycles. The minimum absolute atomic E-state index is 0.00333. The van der Waals surface area contributed by atoms with Crippen LogP contribution in [0.5, 0.6) is 0 Å². The number of benzene rings is 1. The predicted molar refractivity (Wildman–Crippen MR) is 86.6 cm³/mol. The molecule has 0 fully saturated rings. The van der Waals surface area contributed by atoms with E-state index in [-0.39, 0.29) is 10.7 Å². The maximum atomic E-state index is 12.4. The predicted octanol–water partition coefficient (Wildman–Crippen LogP) is 2.75. The average Bonchev–Trinajstić information content (AvgIpc) is 2.77. The Balaban J connectivity index is 2.36. The van der Waals surface area contributed by atoms with Crippen LogP contribution >= 0.6 is 15.9 Å². The first-order valence-corrected chi connectivity index (χ1v) is 8.73. The van der Waals surface area contributed by atoms with Crippen molar-refractivity contribution in [3.63, 3.8) is 0 Å². The Morgan fingerprint density at radius 3 is 2.81 bits per heavy atom. The summed E-state index contributed by atoms with van der Waals surface area (Å²) >= 11 is 3.37. The maximum absolute atomic E-state index is 12.4. The first-order chi connectivity index (χ1) is 9.85. The minimum atomic E-state index is -3.76. The van der Waals surface area contributed by atoms with Crippen molar-refractivity contribution >= 4 is 37.5 Å². The van der Waals surface area contributed by atoms with Crippen molar-refractivity contribution in [3.8, 4) is 0 Å². The van der Waals surface area contributed by atoms with E-state index in [1.165, 1.54) is 10.9 Å². The summed E-state index contributed by atoms with van der Waals surface area (Å²) in [5.41, 5.74) is 7.03. The lowest BCUT2D eigenvalue weighted by molar-refractivity contribution is 0.595. The van der Waals surface area contributed by atoms with Crippen LogP contribution in [0.4, 0.5) is 11.5 Å². The Morgan fingerprint density at radius 1 is 1.43 bits per heavy atom. The summed E-state index contributed by atoms with van der Waals surface area (Å²) in [5.74, 6) is 0.00333. The number of nitrogens with zero attached hydrogens (tertiary/aromatic N) is 2. The molecule has 1 aromatic carbocycles. The van der Waals surface area contributed by atoms with Crippen molar-refractivity contribution < 1.29 is 8.42 Å². The monoisotopic (exact) mass is 372 g/mol. The molecule has 3 N–H and O–H groups in total. The number of nitrogens with one attached hydrogen (secondary N) is 1. The maximum Gasteiger partial charge on any atom is 0.267 e. The molecule has 0 amide bonds. The van der Waals surface area contributed by atoms with Gasteiger partial charge in [-0.25, -0.2) is 8.42 Å². The van der Waals surface area contributed by atoms with E-state index in [0.717, 1.165) is 16.5 Å². The number of halogens is 1. The largest absolute Gasteiger partial charge is 0.381 e. The molecule has 2 rings (SSSR count). The molecule has 6 nitrogen and oxygen atoms in total. The minimum Gasteiger partial charge on any atom is -0.381 e. The molecule has 0 bridgehead atoms. The summed E-state index contributed by atoms with van der Waals surface area (Å²) in [6.07, 6.45) is 2.30. The Labute approximate surface area is 132 Å². The molecule has 114 valence electrons. The molecule has 1 aromatic heterocycles. The molecule has 0 saturated carbocycles. The normalized spacial score (nSPS) is 11.6. The van der Waals surface area contributed by atoms with Gasteiger partial charge in [0.1, 0.15) is 4.90 Å². The fourth-order valence-corrected chi connectivity index (χ4v) is 3.45. The zero-order valence-corrected chi connectivity index (χ0v) is 14.2. The van der Waals surface area contributed by atoms with Gasteiger partial charge in [0, 0.05) is 17.2 Å². The summed E-state index contributed by atoms with van der Waals surface area (Å²) in [6.45, 7) is 4.43. The van der Waals surface area contributed by atoms with Gasteiger partial charge in [-0.3, -0.25) is 9.40 Å². The molecule has 0 aliphatic rings. The van der Waals surface area contributed by atoms with Gasteiger partial charge < -0.3 is 5.73 Å². The number of aryl methyl sites for hydroxylation is 1. The van der Waals surface area contributed by atoms with Gasteiger partial charge >= 0.3 is 0 Å². The van der Waals surface area contributed by atoms with Gasteiger partial charge in [0.25, 0.3) is 10.0 Å². The molecule has 0 atom stereocenters. The second-order valence-electron chi connectivity index (χ2n) is 4.66. The van der Waals surface area contributed by atoms with E-state index in [2.05, 4.69) is 25.8 Å². The van der Waals surface area contributed by atoms with Crippen LogP contribution in [0.25, 0.3) is 0 Å². The van der Waals surface area contributed by atoms with Gasteiger partial charge in [-0.1, -0.05) is 28.9 Å². The van der Waals surface area contributed by atoms with Crippen LogP contribution in [0.2, 0.25) is 0 Å². The van der Waals surface area contributed by atoms with Crippen LogP contribution in [0.3, 0.4) is 0 Å². The molecule has 0 aliphatic carbocycles. The third-order valence-corrected chi connectivity index (χ3v) is 5.25. The van der Waals surface area contributed by atoms with Crippen LogP contribution in [-0.4, -0.2) is 18.2 Å². The second-order valence-corrected chi connectivity index (χ2v) is 7.16. The van der Waals surface area contributed by atoms with E-state index in [4.69, 9.17) is 5.73 Å². The highest BCUT2D eigenvalue weighted by Crippen LogP contribution is 2.27. The lowest BCUT2D eigenvalue weighted by Crippen LogP contribution is -2.14. The van der Waals surface area contributed by atoms with Crippen molar-refractivity contribution in [2.45, 2.75) is 31.7 Å². The summed E-state index contributed by atoms with van der Waals surface area (Å²) in [7, 11) is -3.76. The van der Waals surface area contributed by atoms with Crippen molar-refractivity contribution in [1.82, 2.24) is 9.78 Å². The van der Waals surface area contributed by atoms with Crippen LogP contribution in [0.1, 0.15) is 18.9 Å². The quantitative estimate of drug-likeness (QED) is 0.843. The summed E-state index contributed by atoms with van der Waals surface area (Å²) in [5, 5.41) is 4.01. The van der Waals surface area contributed by atoms with E-state index in [0.29, 0.717) is 12.2 Å². The van der Waals surface area contributed by atoms with Crippen molar-refractivity contribution in [2.75, 3.05) is 10.5 Å². The van der Waals surface area contributed by atoms with Crippen molar-refractivity contribution in [3.05, 3.63) is 34.4 Å². The summed E-state index contributed by atoms with van der Waals surface area (Å²) in [6, 6.07) is 5.31. The highest BCUT2D eigenvalue weighted by atomic mass is 79.9. The molecular weight excluding hydrogens is 356 g/mol. The Kier molecular flexibility index (Phi) is 4.58. The number of rotatable bonds is 5. The SMILES string of the molecule is CCCn1cc(S(=O)(=O)Nc2cccc(Br)c2C)c(N)n1. The van der Waals surface area contributed by atoms with Crippen LogP contribution in [0.15, 0.2) is 33.8 Å². The first kappa shape index (κ1) is 15.8. The van der Waals surface area contributed by atoms with Crippen LogP contribution < -0.4 is 10.5 Å². The van der Waals surface area contributed by atoms with E-state index in [1.807, 2.05) is 19.9 Å². The highest BCUT2D eigenvalue weighted by molar-refractivity contribution is 9.10. The van der Waals surface area contributed by atoms with Gasteiger partial charge in [-0.15, -0.1) is 0 Å². The van der Waals surface area contributed by atoms with E-state index < -0.39 is 10.0 Å². The number of hydrogen-bond acceptors (Lipinski definition) is 4. The number of nitrogen functional groups attached to an aromatic ring is 1. The van der Waals surface area contributed by atoms with E-state index >= 15 is 0 Å². The lowest BCUT2D eigenvalue weighted by atomic mass is 10.2. The van der Waals surface area contributed by atoms with Crippen LogP contribution in [-0.2, 0) is 16.6 Å². The summed E-state index contributed by atoms with van der Waals surface area (Å²) in [4.78, 5) is -0.00433. The topological polar surface area (TPSA) is 90.0 Å². The molecule has 21 heavy (non-hydrogen) atoms. The summed E-state index contributed by atoms with van der Waals surface area (Å²) < 4.78 is 29.8.